The minimum Gasteiger partial charge on any atom is -0.497 e. The Labute approximate surface area is 127 Å². The number of halogens is 2. The molecule has 21 heavy (non-hydrogen) atoms. The molecule has 2 aromatic carbocycles. The van der Waals surface area contributed by atoms with Crippen LogP contribution in [0.25, 0.3) is 0 Å². The second kappa shape index (κ2) is 6.59. The van der Waals surface area contributed by atoms with E-state index in [1.807, 2.05) is 24.3 Å². The number of nitrogens with zero attached hydrogens (tertiary/aromatic N) is 1. The van der Waals surface area contributed by atoms with E-state index in [0.717, 1.165) is 17.4 Å². The number of hydrogen-bond acceptors (Lipinski definition) is 2. The summed E-state index contributed by atoms with van der Waals surface area (Å²) in [7, 11) is 3.22. The average molecular weight is 308 g/mol. The SMILES string of the molecule is COc1ccc(CN(C)C(=O)c2ccc(Cl)cc2F)cc1. The number of hydrogen-bond donors (Lipinski definition) is 0. The van der Waals surface area contributed by atoms with Crippen LogP contribution in [0.1, 0.15) is 15.9 Å². The van der Waals surface area contributed by atoms with E-state index in [9.17, 15) is 9.18 Å². The highest BCUT2D eigenvalue weighted by Gasteiger charge is 2.16. The average Bonchev–Trinajstić information content (AvgIpc) is 2.47. The lowest BCUT2D eigenvalue weighted by Gasteiger charge is -2.18. The van der Waals surface area contributed by atoms with Crippen LogP contribution in [0.5, 0.6) is 5.75 Å². The predicted octanol–water partition coefficient (Wildman–Crippen LogP) is 3.76. The molecule has 0 fully saturated rings. The molecule has 0 aliphatic carbocycles. The van der Waals surface area contributed by atoms with Crippen molar-refractivity contribution in [3.8, 4) is 5.75 Å². The molecule has 0 heterocycles. The smallest absolute Gasteiger partial charge is 0.256 e. The van der Waals surface area contributed by atoms with Crippen molar-refractivity contribution >= 4 is 17.5 Å². The summed E-state index contributed by atoms with van der Waals surface area (Å²) in [6.45, 7) is 0.380. The largest absolute Gasteiger partial charge is 0.497 e. The van der Waals surface area contributed by atoms with Crippen molar-refractivity contribution in [2.75, 3.05) is 14.2 Å². The van der Waals surface area contributed by atoms with Crippen molar-refractivity contribution in [3.05, 3.63) is 64.4 Å². The molecule has 0 radical (unpaired) electrons. The van der Waals surface area contributed by atoms with Gasteiger partial charge in [-0.05, 0) is 35.9 Å². The van der Waals surface area contributed by atoms with Crippen LogP contribution in [0, 0.1) is 5.82 Å². The normalized spacial score (nSPS) is 10.3. The molecule has 0 aromatic heterocycles. The van der Waals surface area contributed by atoms with E-state index in [-0.39, 0.29) is 16.5 Å². The highest BCUT2D eigenvalue weighted by Crippen LogP contribution is 2.18. The predicted molar refractivity (Wildman–Crippen MR) is 80.2 cm³/mol. The number of methoxy groups -OCH3 is 1. The molecule has 0 saturated heterocycles. The van der Waals surface area contributed by atoms with Crippen LogP contribution >= 0.6 is 11.6 Å². The van der Waals surface area contributed by atoms with Gasteiger partial charge in [0.1, 0.15) is 11.6 Å². The fourth-order valence-corrected chi connectivity index (χ4v) is 2.10. The third-order valence-electron chi connectivity index (χ3n) is 3.09. The standard InChI is InChI=1S/C16H15ClFNO2/c1-19(10-11-3-6-13(21-2)7-4-11)16(20)14-8-5-12(17)9-15(14)18/h3-9H,10H2,1-2H3. The summed E-state index contributed by atoms with van der Waals surface area (Å²) in [5.74, 6) is -0.259. The molecule has 0 N–H and O–H groups in total. The maximum absolute atomic E-state index is 13.8. The van der Waals surface area contributed by atoms with Gasteiger partial charge in [-0.25, -0.2) is 4.39 Å². The van der Waals surface area contributed by atoms with E-state index in [1.54, 1.807) is 14.2 Å². The Morgan fingerprint density at radius 1 is 1.24 bits per heavy atom. The van der Waals surface area contributed by atoms with Crippen molar-refractivity contribution in [1.29, 1.82) is 0 Å². The third kappa shape index (κ3) is 3.73. The van der Waals surface area contributed by atoms with E-state index in [2.05, 4.69) is 0 Å². The quantitative estimate of drug-likeness (QED) is 0.860. The van der Waals surface area contributed by atoms with Crippen LogP contribution in [0.15, 0.2) is 42.5 Å². The highest BCUT2D eigenvalue weighted by atomic mass is 35.5. The summed E-state index contributed by atoms with van der Waals surface area (Å²) in [5.41, 5.74) is 0.941. The third-order valence-corrected chi connectivity index (χ3v) is 3.32. The lowest BCUT2D eigenvalue weighted by atomic mass is 10.1. The Balaban J connectivity index is 2.11. The Hall–Kier alpha value is -2.07. The summed E-state index contributed by atoms with van der Waals surface area (Å²) in [6, 6.07) is 11.4. The summed E-state index contributed by atoms with van der Waals surface area (Å²) in [4.78, 5) is 13.7. The van der Waals surface area contributed by atoms with Gasteiger partial charge in [-0.2, -0.15) is 0 Å². The first-order valence-corrected chi connectivity index (χ1v) is 6.72. The van der Waals surface area contributed by atoms with Crippen LogP contribution < -0.4 is 4.74 Å². The number of ether oxygens (including phenoxy) is 1. The lowest BCUT2D eigenvalue weighted by molar-refractivity contribution is 0.0780. The van der Waals surface area contributed by atoms with Gasteiger partial charge in [0.05, 0.1) is 12.7 Å². The molecule has 5 heteroatoms. The minimum atomic E-state index is -0.617. The van der Waals surface area contributed by atoms with Gasteiger partial charge in [0, 0.05) is 18.6 Å². The molecule has 0 aliphatic rings. The summed E-state index contributed by atoms with van der Waals surface area (Å²) < 4.78 is 18.8. The van der Waals surface area contributed by atoms with Crippen LogP contribution in [0.3, 0.4) is 0 Å². The molecule has 1 amide bonds. The number of carbonyl (C=O) groups excluding carboxylic acids is 1. The first-order chi connectivity index (χ1) is 10.0. The number of benzene rings is 2. The van der Waals surface area contributed by atoms with Crippen LogP contribution in [0.4, 0.5) is 4.39 Å². The summed E-state index contributed by atoms with van der Waals surface area (Å²) in [5, 5.41) is 0.266. The zero-order chi connectivity index (χ0) is 15.4. The number of carbonyl (C=O) groups is 1. The molecule has 0 atom stereocenters. The van der Waals surface area contributed by atoms with E-state index in [4.69, 9.17) is 16.3 Å². The molecule has 2 rings (SSSR count). The zero-order valence-electron chi connectivity index (χ0n) is 11.8. The van der Waals surface area contributed by atoms with Crippen molar-refractivity contribution in [3.63, 3.8) is 0 Å². The molecule has 2 aromatic rings. The Morgan fingerprint density at radius 3 is 2.48 bits per heavy atom. The van der Waals surface area contributed by atoms with Crippen molar-refractivity contribution in [2.45, 2.75) is 6.54 Å². The molecule has 3 nitrogen and oxygen atoms in total. The molecule has 0 unspecified atom stereocenters. The molecule has 0 saturated carbocycles. The topological polar surface area (TPSA) is 29.5 Å². The van der Waals surface area contributed by atoms with Crippen LogP contribution in [-0.4, -0.2) is 25.0 Å². The van der Waals surface area contributed by atoms with Gasteiger partial charge in [0.15, 0.2) is 0 Å². The first kappa shape index (κ1) is 15.3. The number of rotatable bonds is 4. The monoisotopic (exact) mass is 307 g/mol. The molecular weight excluding hydrogens is 293 g/mol. The highest BCUT2D eigenvalue weighted by molar-refractivity contribution is 6.30. The second-order valence-electron chi connectivity index (χ2n) is 4.63. The van der Waals surface area contributed by atoms with Gasteiger partial charge in [0.25, 0.3) is 5.91 Å². The fraction of sp³-hybridized carbons (Fsp3) is 0.188. The lowest BCUT2D eigenvalue weighted by Crippen LogP contribution is -2.27. The van der Waals surface area contributed by atoms with Gasteiger partial charge in [-0.3, -0.25) is 4.79 Å². The zero-order valence-corrected chi connectivity index (χ0v) is 12.5. The van der Waals surface area contributed by atoms with Gasteiger partial charge >= 0.3 is 0 Å². The first-order valence-electron chi connectivity index (χ1n) is 6.34. The maximum atomic E-state index is 13.8. The van der Waals surface area contributed by atoms with Crippen molar-refractivity contribution < 1.29 is 13.9 Å². The van der Waals surface area contributed by atoms with E-state index < -0.39 is 5.82 Å². The summed E-state index contributed by atoms with van der Waals surface area (Å²) >= 11 is 5.68. The van der Waals surface area contributed by atoms with E-state index in [0.29, 0.717) is 6.54 Å². The van der Waals surface area contributed by atoms with Crippen LogP contribution in [0.2, 0.25) is 5.02 Å². The van der Waals surface area contributed by atoms with E-state index in [1.165, 1.54) is 17.0 Å². The Bertz CT molecular complexity index is 643. The second-order valence-corrected chi connectivity index (χ2v) is 5.07. The van der Waals surface area contributed by atoms with Gasteiger partial charge in [-0.1, -0.05) is 23.7 Å². The van der Waals surface area contributed by atoms with Crippen molar-refractivity contribution in [1.82, 2.24) is 4.90 Å². The van der Waals surface area contributed by atoms with Crippen molar-refractivity contribution in [2.24, 2.45) is 0 Å². The molecule has 110 valence electrons. The molecule has 0 aliphatic heterocycles. The van der Waals surface area contributed by atoms with Gasteiger partial charge in [-0.15, -0.1) is 0 Å². The number of amides is 1. The van der Waals surface area contributed by atoms with Gasteiger partial charge in [0.2, 0.25) is 0 Å². The minimum absolute atomic E-state index is 0.00964. The molecular formula is C16H15ClFNO2. The van der Waals surface area contributed by atoms with E-state index >= 15 is 0 Å². The van der Waals surface area contributed by atoms with Crippen LogP contribution in [-0.2, 0) is 6.54 Å². The Morgan fingerprint density at radius 2 is 1.90 bits per heavy atom. The molecule has 0 spiro atoms. The molecule has 0 bridgehead atoms. The van der Waals surface area contributed by atoms with Gasteiger partial charge < -0.3 is 9.64 Å². The Kier molecular flexibility index (Phi) is 4.81. The summed E-state index contributed by atoms with van der Waals surface area (Å²) in [6.07, 6.45) is 0. The maximum Gasteiger partial charge on any atom is 0.256 e. The fourth-order valence-electron chi connectivity index (χ4n) is 1.95.